The summed E-state index contributed by atoms with van der Waals surface area (Å²) in [5, 5.41) is 3.05. The minimum atomic E-state index is -2.46. The molecule has 0 aromatic carbocycles. The number of nitrogens with zero attached hydrogens (tertiary/aromatic N) is 1. The summed E-state index contributed by atoms with van der Waals surface area (Å²) < 4.78 is 28.0. The highest BCUT2D eigenvalue weighted by Gasteiger charge is 2.24. The van der Waals surface area contributed by atoms with Crippen molar-refractivity contribution in [2.24, 2.45) is 0 Å². The number of nitrogens with one attached hydrogen (secondary N) is 1. The molecular weight excluding hydrogens is 206 g/mol. The van der Waals surface area contributed by atoms with Crippen molar-refractivity contribution in [2.45, 2.75) is 18.9 Å². The Balaban J connectivity index is 2.07. The maximum atomic E-state index is 11.7. The molecule has 0 aromatic heterocycles. The molecule has 1 saturated heterocycles. The van der Waals surface area contributed by atoms with E-state index in [0.29, 0.717) is 0 Å². The number of ether oxygens (including phenoxy) is 1. The molecule has 0 radical (unpaired) electrons. The number of amides is 1. The molecule has 1 aliphatic heterocycles. The van der Waals surface area contributed by atoms with Crippen LogP contribution in [0.5, 0.6) is 0 Å². The number of carbonyl (C=O) groups excluding carboxylic acids is 1. The lowest BCUT2D eigenvalue weighted by molar-refractivity contribution is -0.134. The first-order chi connectivity index (χ1) is 7.11. The van der Waals surface area contributed by atoms with Crippen LogP contribution in [0.15, 0.2) is 0 Å². The van der Waals surface area contributed by atoms with Gasteiger partial charge in [0.1, 0.15) is 6.61 Å². The van der Waals surface area contributed by atoms with Gasteiger partial charge in [-0.1, -0.05) is 0 Å². The van der Waals surface area contributed by atoms with Crippen molar-refractivity contribution in [3.8, 4) is 0 Å². The molecule has 0 saturated carbocycles. The fourth-order valence-corrected chi connectivity index (χ4v) is 1.26. The molecule has 1 aliphatic rings. The first kappa shape index (κ1) is 12.3. The molecule has 1 N–H and O–H groups in total. The lowest BCUT2D eigenvalue weighted by atomic mass is 10.1. The van der Waals surface area contributed by atoms with Crippen LogP contribution in [0.25, 0.3) is 0 Å². The van der Waals surface area contributed by atoms with Crippen molar-refractivity contribution in [1.82, 2.24) is 10.2 Å². The fourth-order valence-electron chi connectivity index (χ4n) is 1.26. The van der Waals surface area contributed by atoms with Crippen LogP contribution in [0.2, 0.25) is 0 Å². The van der Waals surface area contributed by atoms with Crippen LogP contribution in [0.3, 0.4) is 0 Å². The third-order valence-corrected chi connectivity index (χ3v) is 2.41. The minimum absolute atomic E-state index is 0.0595. The second kappa shape index (κ2) is 5.97. The van der Waals surface area contributed by atoms with E-state index in [2.05, 4.69) is 10.1 Å². The Labute approximate surface area is 87.6 Å². The molecule has 0 unspecified atom stereocenters. The lowest BCUT2D eigenvalue weighted by Crippen LogP contribution is -2.57. The summed E-state index contributed by atoms with van der Waals surface area (Å²) in [7, 11) is 1.72. The van der Waals surface area contributed by atoms with E-state index in [4.69, 9.17) is 0 Å². The highest BCUT2D eigenvalue weighted by atomic mass is 19.3. The second-order valence-corrected chi connectivity index (χ2v) is 3.53. The normalized spacial score (nSPS) is 16.5. The Kier molecular flexibility index (Phi) is 4.90. The van der Waals surface area contributed by atoms with Gasteiger partial charge < -0.3 is 15.0 Å². The SMILES string of the molecule is CN(C(=O)CCOCC(F)F)C1CNC1. The molecule has 1 heterocycles. The van der Waals surface area contributed by atoms with Crippen molar-refractivity contribution in [2.75, 3.05) is 33.4 Å². The predicted octanol–water partition coefficient (Wildman–Crippen LogP) is 0.0884. The molecule has 1 amide bonds. The van der Waals surface area contributed by atoms with Crippen LogP contribution >= 0.6 is 0 Å². The van der Waals surface area contributed by atoms with E-state index in [1.807, 2.05) is 0 Å². The van der Waals surface area contributed by atoms with Gasteiger partial charge in [0.25, 0.3) is 6.43 Å². The van der Waals surface area contributed by atoms with Gasteiger partial charge in [0.2, 0.25) is 5.91 Å². The number of carbonyl (C=O) groups is 1. The number of hydrogen-bond acceptors (Lipinski definition) is 3. The van der Waals surface area contributed by atoms with E-state index in [1.54, 1.807) is 11.9 Å². The van der Waals surface area contributed by atoms with Crippen molar-refractivity contribution in [3.63, 3.8) is 0 Å². The van der Waals surface area contributed by atoms with Gasteiger partial charge >= 0.3 is 0 Å². The molecule has 0 aromatic rings. The molecule has 15 heavy (non-hydrogen) atoms. The van der Waals surface area contributed by atoms with Gasteiger partial charge in [-0.15, -0.1) is 0 Å². The summed E-state index contributed by atoms with van der Waals surface area (Å²) in [6.45, 7) is 1.08. The average Bonchev–Trinajstić information content (AvgIpc) is 2.08. The third-order valence-electron chi connectivity index (χ3n) is 2.41. The Morgan fingerprint density at radius 1 is 1.60 bits per heavy atom. The molecule has 88 valence electrons. The topological polar surface area (TPSA) is 41.6 Å². The van der Waals surface area contributed by atoms with E-state index in [9.17, 15) is 13.6 Å². The van der Waals surface area contributed by atoms with E-state index < -0.39 is 13.0 Å². The van der Waals surface area contributed by atoms with Crippen LogP contribution in [-0.2, 0) is 9.53 Å². The monoisotopic (exact) mass is 222 g/mol. The average molecular weight is 222 g/mol. The number of alkyl halides is 2. The molecule has 1 rings (SSSR count). The number of hydrogen-bond donors (Lipinski definition) is 1. The van der Waals surface area contributed by atoms with E-state index >= 15 is 0 Å². The molecular formula is C9H16F2N2O2. The molecule has 0 atom stereocenters. The standard InChI is InChI=1S/C9H16F2N2O2/c1-13(7-4-12-5-7)9(14)2-3-15-6-8(10)11/h7-8,12H,2-6H2,1H3. The van der Waals surface area contributed by atoms with Crippen molar-refractivity contribution < 1.29 is 18.3 Å². The molecule has 0 spiro atoms. The third kappa shape index (κ3) is 4.09. The van der Waals surface area contributed by atoms with Gasteiger partial charge in [-0.3, -0.25) is 4.79 Å². The Morgan fingerprint density at radius 2 is 2.27 bits per heavy atom. The fraction of sp³-hybridized carbons (Fsp3) is 0.889. The molecule has 4 nitrogen and oxygen atoms in total. The van der Waals surface area contributed by atoms with Crippen LogP contribution in [0.4, 0.5) is 8.78 Å². The smallest absolute Gasteiger partial charge is 0.261 e. The molecule has 1 fully saturated rings. The Bertz CT molecular complexity index is 210. The summed E-state index contributed by atoms with van der Waals surface area (Å²) in [5.74, 6) is -0.0595. The molecule has 0 bridgehead atoms. The van der Waals surface area contributed by atoms with Gasteiger partial charge in [0.15, 0.2) is 0 Å². The zero-order chi connectivity index (χ0) is 11.3. The Morgan fingerprint density at radius 3 is 2.73 bits per heavy atom. The highest BCUT2D eigenvalue weighted by molar-refractivity contribution is 5.76. The minimum Gasteiger partial charge on any atom is -0.375 e. The second-order valence-electron chi connectivity index (χ2n) is 3.53. The van der Waals surface area contributed by atoms with E-state index in [-0.39, 0.29) is 25.0 Å². The summed E-state index contributed by atoms with van der Waals surface area (Å²) in [5.41, 5.74) is 0. The zero-order valence-electron chi connectivity index (χ0n) is 8.71. The van der Waals surface area contributed by atoms with Crippen molar-refractivity contribution >= 4 is 5.91 Å². The first-order valence-electron chi connectivity index (χ1n) is 4.93. The van der Waals surface area contributed by atoms with Crippen LogP contribution < -0.4 is 5.32 Å². The zero-order valence-corrected chi connectivity index (χ0v) is 8.71. The van der Waals surface area contributed by atoms with Gasteiger partial charge in [0.05, 0.1) is 19.1 Å². The van der Waals surface area contributed by atoms with Crippen LogP contribution in [-0.4, -0.2) is 56.6 Å². The number of likely N-dealkylation sites (N-methyl/N-ethyl adjacent to an activating group) is 1. The summed E-state index contributed by atoms with van der Waals surface area (Å²) in [6, 6.07) is 0.243. The van der Waals surface area contributed by atoms with E-state index in [0.717, 1.165) is 13.1 Å². The predicted molar refractivity (Wildman–Crippen MR) is 50.9 cm³/mol. The maximum Gasteiger partial charge on any atom is 0.261 e. The van der Waals surface area contributed by atoms with Gasteiger partial charge in [-0.05, 0) is 0 Å². The lowest BCUT2D eigenvalue weighted by Gasteiger charge is -2.35. The van der Waals surface area contributed by atoms with Crippen LogP contribution in [0, 0.1) is 0 Å². The van der Waals surface area contributed by atoms with Crippen molar-refractivity contribution in [1.29, 1.82) is 0 Å². The van der Waals surface area contributed by atoms with Gasteiger partial charge in [-0.25, -0.2) is 8.78 Å². The first-order valence-corrected chi connectivity index (χ1v) is 4.93. The number of rotatable bonds is 6. The van der Waals surface area contributed by atoms with Crippen LogP contribution in [0.1, 0.15) is 6.42 Å². The quantitative estimate of drug-likeness (QED) is 0.647. The maximum absolute atomic E-state index is 11.7. The van der Waals surface area contributed by atoms with Gasteiger partial charge in [-0.2, -0.15) is 0 Å². The summed E-state index contributed by atoms with van der Waals surface area (Å²) in [4.78, 5) is 13.1. The largest absolute Gasteiger partial charge is 0.375 e. The van der Waals surface area contributed by atoms with Gasteiger partial charge in [0, 0.05) is 20.1 Å². The van der Waals surface area contributed by atoms with Crippen molar-refractivity contribution in [3.05, 3.63) is 0 Å². The number of halogens is 2. The molecule has 0 aliphatic carbocycles. The summed E-state index contributed by atoms with van der Waals surface area (Å²) in [6.07, 6.45) is -2.30. The Hall–Kier alpha value is -0.750. The van der Waals surface area contributed by atoms with E-state index in [1.165, 1.54) is 0 Å². The highest BCUT2D eigenvalue weighted by Crippen LogP contribution is 2.04. The molecule has 6 heteroatoms. The summed E-state index contributed by atoms with van der Waals surface area (Å²) >= 11 is 0.